The summed E-state index contributed by atoms with van der Waals surface area (Å²) < 4.78 is 0. The summed E-state index contributed by atoms with van der Waals surface area (Å²) in [6.45, 7) is 5.80. The molecule has 5 heteroatoms. The van der Waals surface area contributed by atoms with E-state index in [9.17, 15) is 15.3 Å². The first-order valence-corrected chi connectivity index (χ1v) is 9.61. The van der Waals surface area contributed by atoms with Crippen molar-refractivity contribution in [2.24, 2.45) is 0 Å². The van der Waals surface area contributed by atoms with Crippen LogP contribution in [0.4, 0.5) is 0 Å². The van der Waals surface area contributed by atoms with Crippen LogP contribution in [0.25, 0.3) is 11.6 Å². The molecule has 0 aliphatic heterocycles. The first-order valence-electron chi connectivity index (χ1n) is 9.23. The highest BCUT2D eigenvalue weighted by atomic mass is 35.5. The van der Waals surface area contributed by atoms with Crippen molar-refractivity contribution in [1.29, 1.82) is 0 Å². The van der Waals surface area contributed by atoms with Crippen LogP contribution in [0.5, 0.6) is 5.75 Å². The third-order valence-electron chi connectivity index (χ3n) is 4.50. The van der Waals surface area contributed by atoms with E-state index in [0.29, 0.717) is 29.9 Å². The number of phenols is 1. The molecule has 1 unspecified atom stereocenters. The molecule has 0 saturated heterocycles. The number of hydrogen-bond acceptors (Lipinski definition) is 4. The van der Waals surface area contributed by atoms with Crippen LogP contribution in [0.1, 0.15) is 37.4 Å². The number of allylic oxidation sites excluding steroid dienone is 1. The Morgan fingerprint density at radius 1 is 1.29 bits per heavy atom. The topological polar surface area (TPSA) is 73.6 Å². The molecule has 0 bridgehead atoms. The largest absolute Gasteiger partial charge is 0.508 e. The van der Waals surface area contributed by atoms with Gasteiger partial charge in [-0.3, -0.25) is 4.98 Å². The Kier molecular flexibility index (Phi) is 8.45. The molecule has 2 aromatic rings. The zero-order valence-electron chi connectivity index (χ0n) is 16.0. The summed E-state index contributed by atoms with van der Waals surface area (Å²) in [5.41, 5.74) is 3.96. The third kappa shape index (κ3) is 6.06. The molecule has 148 valence electrons. The average Bonchev–Trinajstić information content (AvgIpc) is 2.70. The molecule has 1 aromatic heterocycles. The molecule has 0 spiro atoms. The number of aromatic hydroxyl groups is 1. The number of benzene rings is 1. The molecule has 0 aliphatic rings. The minimum atomic E-state index is -0.734. The van der Waals surface area contributed by atoms with Crippen molar-refractivity contribution >= 4 is 23.3 Å². The second-order valence-electron chi connectivity index (χ2n) is 6.44. The summed E-state index contributed by atoms with van der Waals surface area (Å²) in [6.07, 6.45) is 6.21. The molecule has 0 aliphatic carbocycles. The molecule has 2 rings (SSSR count). The number of halogens is 1. The van der Waals surface area contributed by atoms with Gasteiger partial charge in [0.1, 0.15) is 5.75 Å². The van der Waals surface area contributed by atoms with Gasteiger partial charge in [0.15, 0.2) is 0 Å². The first kappa shape index (κ1) is 21.9. The summed E-state index contributed by atoms with van der Waals surface area (Å²) in [5.74, 6) is 0.105. The highest BCUT2D eigenvalue weighted by molar-refractivity contribution is 6.32. The SMILES string of the molecule is C=C(CC)/C(=C/CO)C(O)CC/C(=C/c1ccc(O)cc1Cl)c1ccccn1. The van der Waals surface area contributed by atoms with Gasteiger partial charge < -0.3 is 15.3 Å². The molecule has 28 heavy (non-hydrogen) atoms. The van der Waals surface area contributed by atoms with Crippen LogP contribution in [-0.2, 0) is 0 Å². The predicted molar refractivity (Wildman–Crippen MR) is 115 cm³/mol. The van der Waals surface area contributed by atoms with Crippen molar-refractivity contribution in [1.82, 2.24) is 4.98 Å². The highest BCUT2D eigenvalue weighted by Gasteiger charge is 2.15. The number of aromatic nitrogens is 1. The smallest absolute Gasteiger partial charge is 0.117 e. The van der Waals surface area contributed by atoms with Crippen LogP contribution >= 0.6 is 11.6 Å². The van der Waals surface area contributed by atoms with Crippen molar-refractivity contribution in [3.05, 3.63) is 82.7 Å². The van der Waals surface area contributed by atoms with Gasteiger partial charge >= 0.3 is 0 Å². The van der Waals surface area contributed by atoms with Crippen molar-refractivity contribution in [3.63, 3.8) is 0 Å². The van der Waals surface area contributed by atoms with Gasteiger partial charge in [0, 0.05) is 6.20 Å². The van der Waals surface area contributed by atoms with Gasteiger partial charge in [-0.15, -0.1) is 0 Å². The lowest BCUT2D eigenvalue weighted by Crippen LogP contribution is -2.13. The molecule has 1 aromatic carbocycles. The van der Waals surface area contributed by atoms with E-state index in [2.05, 4.69) is 11.6 Å². The Morgan fingerprint density at radius 3 is 2.68 bits per heavy atom. The van der Waals surface area contributed by atoms with E-state index < -0.39 is 6.10 Å². The van der Waals surface area contributed by atoms with Gasteiger partial charge in [0.2, 0.25) is 0 Å². The summed E-state index contributed by atoms with van der Waals surface area (Å²) in [6, 6.07) is 10.5. The lowest BCUT2D eigenvalue weighted by molar-refractivity contribution is 0.202. The summed E-state index contributed by atoms with van der Waals surface area (Å²) >= 11 is 6.25. The van der Waals surface area contributed by atoms with Gasteiger partial charge in [-0.2, -0.15) is 0 Å². The average molecular weight is 400 g/mol. The van der Waals surface area contributed by atoms with Crippen LogP contribution in [0.15, 0.2) is 66.4 Å². The molecule has 3 N–H and O–H groups in total. The Labute approximate surface area is 171 Å². The normalized spacial score (nSPS) is 13.4. The fourth-order valence-corrected chi connectivity index (χ4v) is 3.14. The van der Waals surface area contributed by atoms with Crippen LogP contribution in [0, 0.1) is 0 Å². The number of hydrogen-bond donors (Lipinski definition) is 3. The molecule has 0 amide bonds. The quantitative estimate of drug-likeness (QED) is 0.518. The van der Waals surface area contributed by atoms with Gasteiger partial charge in [0.25, 0.3) is 0 Å². The van der Waals surface area contributed by atoms with Crippen molar-refractivity contribution in [2.75, 3.05) is 6.61 Å². The van der Waals surface area contributed by atoms with Gasteiger partial charge in [-0.05, 0) is 78.0 Å². The van der Waals surface area contributed by atoms with E-state index in [4.69, 9.17) is 11.6 Å². The molecule has 0 radical (unpaired) electrons. The zero-order valence-corrected chi connectivity index (χ0v) is 16.7. The van der Waals surface area contributed by atoms with Crippen LogP contribution in [-0.4, -0.2) is 33.0 Å². The highest BCUT2D eigenvalue weighted by Crippen LogP contribution is 2.29. The maximum atomic E-state index is 10.6. The maximum absolute atomic E-state index is 10.6. The lowest BCUT2D eigenvalue weighted by atomic mass is 9.93. The van der Waals surface area contributed by atoms with Crippen molar-refractivity contribution in [3.8, 4) is 5.75 Å². The van der Waals surface area contributed by atoms with Crippen LogP contribution in [0.3, 0.4) is 0 Å². The zero-order chi connectivity index (χ0) is 20.5. The van der Waals surface area contributed by atoms with E-state index in [1.54, 1.807) is 24.4 Å². The van der Waals surface area contributed by atoms with Crippen LogP contribution in [0.2, 0.25) is 5.02 Å². The second-order valence-corrected chi connectivity index (χ2v) is 6.85. The number of aliphatic hydroxyl groups is 2. The molecule has 1 heterocycles. The van der Waals surface area contributed by atoms with Gasteiger partial charge in [0.05, 0.1) is 23.4 Å². The molecule has 0 fully saturated rings. The van der Waals surface area contributed by atoms with E-state index in [1.807, 2.05) is 31.2 Å². The molecular formula is C23H26ClNO3. The summed E-state index contributed by atoms with van der Waals surface area (Å²) in [7, 11) is 0. The van der Waals surface area contributed by atoms with E-state index in [-0.39, 0.29) is 12.4 Å². The van der Waals surface area contributed by atoms with Gasteiger partial charge in [-0.1, -0.05) is 37.2 Å². The standard InChI is InChI=1S/C23H26ClNO3/c1-3-16(2)20(11-13-26)23(28)10-8-18(22-6-4-5-12-25-22)14-17-7-9-19(27)15-21(17)24/h4-7,9,11-12,14-15,23,26-28H,2-3,8,10,13H2,1H3/b18-14-,20-11-. The van der Waals surface area contributed by atoms with Gasteiger partial charge in [-0.25, -0.2) is 0 Å². The number of pyridine rings is 1. The molecular weight excluding hydrogens is 374 g/mol. The minimum Gasteiger partial charge on any atom is -0.508 e. The number of phenolic OH excluding ortho intramolecular Hbond substituents is 1. The Morgan fingerprint density at radius 2 is 2.07 bits per heavy atom. The Hall–Kier alpha value is -2.40. The first-order chi connectivity index (χ1) is 13.5. The fourth-order valence-electron chi connectivity index (χ4n) is 2.91. The van der Waals surface area contributed by atoms with E-state index in [0.717, 1.165) is 22.4 Å². The Bertz CT molecular complexity index is 859. The maximum Gasteiger partial charge on any atom is 0.117 e. The molecule has 1 atom stereocenters. The minimum absolute atomic E-state index is 0.105. The van der Waals surface area contributed by atoms with Crippen molar-refractivity contribution in [2.45, 2.75) is 32.3 Å². The fraction of sp³-hybridized carbons (Fsp3) is 0.261. The van der Waals surface area contributed by atoms with E-state index in [1.165, 1.54) is 6.07 Å². The lowest BCUT2D eigenvalue weighted by Gasteiger charge is -2.18. The van der Waals surface area contributed by atoms with Crippen molar-refractivity contribution < 1.29 is 15.3 Å². The number of rotatable bonds is 9. The monoisotopic (exact) mass is 399 g/mol. The molecule has 4 nitrogen and oxygen atoms in total. The summed E-state index contributed by atoms with van der Waals surface area (Å²) in [4.78, 5) is 4.42. The molecule has 0 saturated carbocycles. The number of aliphatic hydroxyl groups excluding tert-OH is 2. The van der Waals surface area contributed by atoms with E-state index >= 15 is 0 Å². The Balaban J connectivity index is 2.30. The van der Waals surface area contributed by atoms with Crippen LogP contribution < -0.4 is 0 Å². The predicted octanol–water partition coefficient (Wildman–Crippen LogP) is 5.01. The summed E-state index contributed by atoms with van der Waals surface area (Å²) in [5, 5.41) is 29.9. The third-order valence-corrected chi connectivity index (χ3v) is 4.83. The number of nitrogens with zero attached hydrogens (tertiary/aromatic N) is 1. The second kappa shape index (κ2) is 10.8.